The Morgan fingerprint density at radius 1 is 1.30 bits per heavy atom. The second kappa shape index (κ2) is 6.66. The summed E-state index contributed by atoms with van der Waals surface area (Å²) in [5, 5.41) is 7.47. The van der Waals surface area contributed by atoms with Crippen molar-refractivity contribution in [2.24, 2.45) is 5.92 Å². The van der Waals surface area contributed by atoms with Crippen LogP contribution in [0.5, 0.6) is 0 Å². The third kappa shape index (κ3) is 3.67. The fraction of sp³-hybridized carbons (Fsp3) is 0.500. The Kier molecular flexibility index (Phi) is 4.90. The van der Waals surface area contributed by atoms with Crippen molar-refractivity contribution in [3.63, 3.8) is 0 Å². The molecule has 0 aliphatic heterocycles. The quantitative estimate of drug-likeness (QED) is 0.874. The van der Waals surface area contributed by atoms with Gasteiger partial charge in [-0.05, 0) is 25.8 Å². The summed E-state index contributed by atoms with van der Waals surface area (Å²) in [6.07, 6.45) is 1.16. The normalized spacial score (nSPS) is 14.2. The van der Waals surface area contributed by atoms with Crippen LogP contribution in [0, 0.1) is 12.8 Å². The fourth-order valence-corrected chi connectivity index (χ4v) is 2.03. The highest BCUT2D eigenvalue weighted by Crippen LogP contribution is 2.17. The minimum atomic E-state index is 0.439. The first kappa shape index (κ1) is 14.7. The standard InChI is InChI=1S/C16H23N3O/c1-5-12(3)13(4)17-10-15-18-16(19-20-15)14-8-6-7-11(2)9-14/h6-9,12-13,17H,5,10H2,1-4H3. The maximum absolute atomic E-state index is 5.30. The van der Waals surface area contributed by atoms with Gasteiger partial charge >= 0.3 is 0 Å². The molecule has 4 nitrogen and oxygen atoms in total. The summed E-state index contributed by atoms with van der Waals surface area (Å²) in [5.41, 5.74) is 2.19. The Hall–Kier alpha value is -1.68. The van der Waals surface area contributed by atoms with Gasteiger partial charge in [0.15, 0.2) is 0 Å². The number of hydrogen-bond donors (Lipinski definition) is 1. The van der Waals surface area contributed by atoms with Gasteiger partial charge in [0.2, 0.25) is 11.7 Å². The van der Waals surface area contributed by atoms with Crippen LogP contribution in [0.1, 0.15) is 38.6 Å². The lowest BCUT2D eigenvalue weighted by Gasteiger charge is -2.18. The van der Waals surface area contributed by atoms with Crippen molar-refractivity contribution < 1.29 is 4.52 Å². The topological polar surface area (TPSA) is 51.0 Å². The van der Waals surface area contributed by atoms with E-state index in [9.17, 15) is 0 Å². The van der Waals surface area contributed by atoms with Crippen LogP contribution in [-0.2, 0) is 6.54 Å². The van der Waals surface area contributed by atoms with E-state index >= 15 is 0 Å². The molecule has 0 aliphatic carbocycles. The highest BCUT2D eigenvalue weighted by molar-refractivity contribution is 5.55. The van der Waals surface area contributed by atoms with Crippen LogP contribution in [0.4, 0.5) is 0 Å². The molecule has 0 saturated carbocycles. The molecule has 0 radical (unpaired) electrons. The van der Waals surface area contributed by atoms with Gasteiger partial charge in [0.05, 0.1) is 6.54 Å². The van der Waals surface area contributed by atoms with Crippen molar-refractivity contribution in [3.05, 3.63) is 35.7 Å². The largest absolute Gasteiger partial charge is 0.338 e. The van der Waals surface area contributed by atoms with Crippen molar-refractivity contribution in [1.82, 2.24) is 15.5 Å². The summed E-state index contributed by atoms with van der Waals surface area (Å²) in [7, 11) is 0. The van der Waals surface area contributed by atoms with Crippen molar-refractivity contribution in [3.8, 4) is 11.4 Å². The van der Waals surface area contributed by atoms with Gasteiger partial charge in [-0.15, -0.1) is 0 Å². The van der Waals surface area contributed by atoms with Crippen LogP contribution >= 0.6 is 0 Å². The summed E-state index contributed by atoms with van der Waals surface area (Å²) in [6, 6.07) is 8.55. The number of aryl methyl sites for hydroxylation is 1. The lowest BCUT2D eigenvalue weighted by molar-refractivity contribution is 0.333. The number of hydrogen-bond acceptors (Lipinski definition) is 4. The molecule has 2 atom stereocenters. The highest BCUT2D eigenvalue weighted by Gasteiger charge is 2.12. The Bertz CT molecular complexity index is 550. The molecule has 0 aliphatic rings. The molecular formula is C16H23N3O. The monoisotopic (exact) mass is 273 g/mol. The zero-order chi connectivity index (χ0) is 14.5. The summed E-state index contributed by atoms with van der Waals surface area (Å²) < 4.78 is 5.30. The lowest BCUT2D eigenvalue weighted by Crippen LogP contribution is -2.31. The third-order valence-corrected chi connectivity index (χ3v) is 3.82. The zero-order valence-electron chi connectivity index (χ0n) is 12.7. The van der Waals surface area contributed by atoms with E-state index in [1.807, 2.05) is 12.1 Å². The summed E-state index contributed by atoms with van der Waals surface area (Å²) in [6.45, 7) is 9.30. The average molecular weight is 273 g/mol. The van der Waals surface area contributed by atoms with Gasteiger partial charge in [0, 0.05) is 11.6 Å². The van der Waals surface area contributed by atoms with Crippen LogP contribution in [0.15, 0.2) is 28.8 Å². The van der Waals surface area contributed by atoms with Crippen molar-refractivity contribution in [1.29, 1.82) is 0 Å². The smallest absolute Gasteiger partial charge is 0.240 e. The first-order valence-electron chi connectivity index (χ1n) is 7.23. The lowest BCUT2D eigenvalue weighted by atomic mass is 10.0. The molecule has 0 fully saturated rings. The predicted octanol–water partition coefficient (Wildman–Crippen LogP) is 3.57. The van der Waals surface area contributed by atoms with Crippen LogP contribution in [0.3, 0.4) is 0 Å². The average Bonchev–Trinajstić information content (AvgIpc) is 2.92. The summed E-state index contributed by atoms with van der Waals surface area (Å²) in [4.78, 5) is 4.44. The molecule has 1 N–H and O–H groups in total. The Balaban J connectivity index is 1.99. The molecule has 0 spiro atoms. The maximum Gasteiger partial charge on any atom is 0.240 e. The molecule has 1 aromatic heterocycles. The van der Waals surface area contributed by atoms with E-state index in [0.717, 1.165) is 12.0 Å². The van der Waals surface area contributed by atoms with Crippen molar-refractivity contribution in [2.45, 2.75) is 46.7 Å². The molecule has 0 saturated heterocycles. The first-order valence-corrected chi connectivity index (χ1v) is 7.23. The minimum absolute atomic E-state index is 0.439. The molecule has 2 aromatic rings. The number of nitrogens with one attached hydrogen (secondary N) is 1. The van der Waals surface area contributed by atoms with Gasteiger partial charge < -0.3 is 9.84 Å². The fourth-order valence-electron chi connectivity index (χ4n) is 2.03. The summed E-state index contributed by atoms with van der Waals surface area (Å²) >= 11 is 0. The molecule has 2 unspecified atom stereocenters. The van der Waals surface area contributed by atoms with E-state index in [0.29, 0.717) is 30.2 Å². The molecule has 1 heterocycles. The Morgan fingerprint density at radius 2 is 2.10 bits per heavy atom. The van der Waals surface area contributed by atoms with Crippen LogP contribution in [0.2, 0.25) is 0 Å². The maximum atomic E-state index is 5.30. The van der Waals surface area contributed by atoms with Crippen LogP contribution in [0.25, 0.3) is 11.4 Å². The summed E-state index contributed by atoms with van der Waals surface area (Å²) in [5.74, 6) is 1.92. The molecule has 2 rings (SSSR count). The molecule has 0 bridgehead atoms. The Morgan fingerprint density at radius 3 is 2.80 bits per heavy atom. The predicted molar refractivity (Wildman–Crippen MR) is 80.2 cm³/mol. The molecule has 108 valence electrons. The molecule has 0 amide bonds. The van der Waals surface area contributed by atoms with Gasteiger partial charge in [0.25, 0.3) is 0 Å². The number of nitrogens with zero attached hydrogens (tertiary/aromatic N) is 2. The van der Waals surface area contributed by atoms with Crippen molar-refractivity contribution in [2.75, 3.05) is 0 Å². The molecular weight excluding hydrogens is 250 g/mol. The number of aromatic nitrogens is 2. The van der Waals surface area contributed by atoms with Gasteiger partial charge in [0.1, 0.15) is 0 Å². The first-order chi connectivity index (χ1) is 9.60. The van der Waals surface area contributed by atoms with E-state index in [-0.39, 0.29) is 0 Å². The van der Waals surface area contributed by atoms with E-state index in [2.05, 4.69) is 55.3 Å². The van der Waals surface area contributed by atoms with Gasteiger partial charge in [-0.3, -0.25) is 0 Å². The second-order valence-corrected chi connectivity index (χ2v) is 5.44. The molecule has 1 aromatic carbocycles. The highest BCUT2D eigenvalue weighted by atomic mass is 16.5. The van der Waals surface area contributed by atoms with Gasteiger partial charge in [-0.2, -0.15) is 4.98 Å². The number of benzene rings is 1. The van der Waals surface area contributed by atoms with E-state index in [1.165, 1.54) is 5.56 Å². The van der Waals surface area contributed by atoms with Crippen molar-refractivity contribution >= 4 is 0 Å². The van der Waals surface area contributed by atoms with Gasteiger partial charge in [-0.25, -0.2) is 0 Å². The van der Waals surface area contributed by atoms with E-state index < -0.39 is 0 Å². The van der Waals surface area contributed by atoms with Crippen LogP contribution in [-0.4, -0.2) is 16.2 Å². The molecule has 4 heteroatoms. The number of rotatable bonds is 6. The van der Waals surface area contributed by atoms with Gasteiger partial charge in [-0.1, -0.05) is 49.2 Å². The Labute approximate surface area is 120 Å². The second-order valence-electron chi connectivity index (χ2n) is 5.44. The van der Waals surface area contributed by atoms with E-state index in [4.69, 9.17) is 4.52 Å². The zero-order valence-corrected chi connectivity index (χ0v) is 12.7. The SMILES string of the molecule is CCC(C)C(C)NCc1nc(-c2cccc(C)c2)no1. The third-order valence-electron chi connectivity index (χ3n) is 3.82. The van der Waals surface area contributed by atoms with E-state index in [1.54, 1.807) is 0 Å². The minimum Gasteiger partial charge on any atom is -0.338 e. The van der Waals surface area contributed by atoms with Crippen LogP contribution < -0.4 is 5.32 Å². The molecule has 20 heavy (non-hydrogen) atoms.